The molecule has 0 fully saturated rings. The van der Waals surface area contributed by atoms with Crippen LogP contribution < -0.4 is 16.0 Å². The Labute approximate surface area is 177 Å². The number of rotatable bonds is 3. The first-order valence-corrected chi connectivity index (χ1v) is 9.81. The number of aromatic nitrogens is 5. The first-order valence-electron chi connectivity index (χ1n) is 9.81. The summed E-state index contributed by atoms with van der Waals surface area (Å²) in [4.78, 5) is 30.1. The first kappa shape index (κ1) is 18.9. The summed E-state index contributed by atoms with van der Waals surface area (Å²) < 4.78 is 11.6. The van der Waals surface area contributed by atoms with E-state index in [-0.39, 0.29) is 5.56 Å². The lowest BCUT2D eigenvalue weighted by atomic mass is 10.1. The minimum atomic E-state index is -0.412. The van der Waals surface area contributed by atoms with Gasteiger partial charge in [-0.25, -0.2) is 4.79 Å². The number of nitrogens with zero attached hydrogens (tertiary/aromatic N) is 5. The number of imidazole rings is 2. The summed E-state index contributed by atoms with van der Waals surface area (Å²) in [6, 6.07) is 15.8. The number of hydrogen-bond acceptors (Lipinski definition) is 4. The van der Waals surface area contributed by atoms with Gasteiger partial charge in [-0.1, -0.05) is 35.9 Å². The molecule has 8 nitrogen and oxygen atoms in total. The van der Waals surface area contributed by atoms with Crippen LogP contribution in [0.5, 0.6) is 5.75 Å². The Morgan fingerprint density at radius 2 is 1.71 bits per heavy atom. The van der Waals surface area contributed by atoms with Gasteiger partial charge in [-0.2, -0.15) is 4.98 Å². The Balaban J connectivity index is 1.95. The number of ether oxygens (including phenoxy) is 1. The van der Waals surface area contributed by atoms with Crippen LogP contribution in [0.1, 0.15) is 5.56 Å². The first-order chi connectivity index (χ1) is 14.9. The molecule has 0 unspecified atom stereocenters. The zero-order valence-corrected chi connectivity index (χ0v) is 17.7. The second kappa shape index (κ2) is 6.73. The highest BCUT2D eigenvalue weighted by Crippen LogP contribution is 2.30. The fraction of sp³-hybridized carbons (Fsp3) is 0.174. The van der Waals surface area contributed by atoms with E-state index < -0.39 is 5.69 Å². The molecule has 2 aromatic carbocycles. The van der Waals surface area contributed by atoms with Gasteiger partial charge in [-0.3, -0.25) is 22.9 Å². The van der Waals surface area contributed by atoms with Gasteiger partial charge in [0.15, 0.2) is 11.2 Å². The Kier molecular flexibility index (Phi) is 4.11. The molecule has 0 amide bonds. The Morgan fingerprint density at radius 1 is 0.968 bits per heavy atom. The van der Waals surface area contributed by atoms with Crippen molar-refractivity contribution in [3.05, 3.63) is 81.1 Å². The highest BCUT2D eigenvalue weighted by Gasteiger charge is 2.21. The van der Waals surface area contributed by atoms with Crippen LogP contribution in [0.4, 0.5) is 0 Å². The van der Waals surface area contributed by atoms with Gasteiger partial charge < -0.3 is 4.74 Å². The molecule has 0 saturated carbocycles. The summed E-state index contributed by atoms with van der Waals surface area (Å²) in [6.07, 6.45) is 1.89. The van der Waals surface area contributed by atoms with E-state index in [1.165, 1.54) is 11.6 Å². The van der Waals surface area contributed by atoms with E-state index in [4.69, 9.17) is 9.72 Å². The monoisotopic (exact) mass is 415 g/mol. The second-order valence-corrected chi connectivity index (χ2v) is 7.58. The summed E-state index contributed by atoms with van der Waals surface area (Å²) in [7, 11) is 4.71. The van der Waals surface area contributed by atoms with E-state index >= 15 is 0 Å². The third-order valence-electron chi connectivity index (χ3n) is 5.62. The SMILES string of the molecule is COc1cccc(-n2c(-c3ccc(C)cc3)cn3c4c(=O)n(C)c(=O)n(C)c4nc23)c1. The molecule has 3 heterocycles. The molecular formula is C23H21N5O3. The van der Waals surface area contributed by atoms with Crippen molar-refractivity contribution in [1.29, 1.82) is 0 Å². The molecule has 0 radical (unpaired) electrons. The van der Waals surface area contributed by atoms with Gasteiger partial charge in [0, 0.05) is 31.9 Å². The molecule has 0 N–H and O–H groups in total. The molecule has 0 saturated heterocycles. The van der Waals surface area contributed by atoms with E-state index in [1.54, 1.807) is 18.6 Å². The van der Waals surface area contributed by atoms with Gasteiger partial charge in [-0.05, 0) is 19.1 Å². The molecule has 5 rings (SSSR count). The molecular weight excluding hydrogens is 394 g/mol. The molecule has 0 aliphatic carbocycles. The lowest BCUT2D eigenvalue weighted by molar-refractivity contribution is 0.414. The van der Waals surface area contributed by atoms with E-state index in [0.717, 1.165) is 27.1 Å². The Hall–Kier alpha value is -4.07. The van der Waals surface area contributed by atoms with E-state index in [0.29, 0.717) is 22.7 Å². The highest BCUT2D eigenvalue weighted by atomic mass is 16.5. The predicted octanol–water partition coefficient (Wildman–Crippen LogP) is 2.66. The summed E-state index contributed by atoms with van der Waals surface area (Å²) in [6.45, 7) is 2.04. The van der Waals surface area contributed by atoms with Crippen LogP contribution in [0.3, 0.4) is 0 Å². The number of hydrogen-bond donors (Lipinski definition) is 0. The van der Waals surface area contributed by atoms with Crippen LogP contribution in [0.2, 0.25) is 0 Å². The largest absolute Gasteiger partial charge is 0.497 e. The predicted molar refractivity (Wildman–Crippen MR) is 119 cm³/mol. The van der Waals surface area contributed by atoms with Gasteiger partial charge in [0.25, 0.3) is 5.56 Å². The quantitative estimate of drug-likeness (QED) is 0.454. The minimum absolute atomic E-state index is 0.343. The van der Waals surface area contributed by atoms with Crippen LogP contribution in [0, 0.1) is 6.92 Å². The second-order valence-electron chi connectivity index (χ2n) is 7.58. The lowest BCUT2D eigenvalue weighted by Gasteiger charge is -2.11. The van der Waals surface area contributed by atoms with Gasteiger partial charge in [0.2, 0.25) is 5.78 Å². The van der Waals surface area contributed by atoms with Crippen LogP contribution in [-0.2, 0) is 14.1 Å². The molecule has 0 aliphatic heterocycles. The van der Waals surface area contributed by atoms with Crippen LogP contribution in [0.25, 0.3) is 33.9 Å². The van der Waals surface area contributed by atoms with Crippen molar-refractivity contribution >= 4 is 16.9 Å². The van der Waals surface area contributed by atoms with Crippen LogP contribution in [-0.4, -0.2) is 30.2 Å². The van der Waals surface area contributed by atoms with Gasteiger partial charge in [-0.15, -0.1) is 0 Å². The zero-order valence-electron chi connectivity index (χ0n) is 17.7. The lowest BCUT2D eigenvalue weighted by Crippen LogP contribution is -2.37. The minimum Gasteiger partial charge on any atom is -0.497 e. The van der Waals surface area contributed by atoms with Crippen molar-refractivity contribution < 1.29 is 4.74 Å². The standard InChI is InChI=1S/C23H21N5O3/c1-14-8-10-15(11-9-14)18-13-27-19-20(25(2)23(30)26(3)21(19)29)24-22(27)28(18)16-6-5-7-17(12-16)31-4/h5-13H,1-4H3. The van der Waals surface area contributed by atoms with Crippen molar-refractivity contribution in [2.75, 3.05) is 7.11 Å². The average molecular weight is 415 g/mol. The van der Waals surface area contributed by atoms with Crippen molar-refractivity contribution in [1.82, 2.24) is 23.1 Å². The zero-order chi connectivity index (χ0) is 21.9. The van der Waals surface area contributed by atoms with Gasteiger partial charge in [0.05, 0.1) is 18.5 Å². The fourth-order valence-electron chi connectivity index (χ4n) is 3.90. The number of benzene rings is 2. The fourth-order valence-corrected chi connectivity index (χ4v) is 3.90. The normalized spacial score (nSPS) is 11.5. The maximum Gasteiger partial charge on any atom is 0.332 e. The molecule has 0 atom stereocenters. The van der Waals surface area contributed by atoms with E-state index in [2.05, 4.69) is 0 Å². The number of aryl methyl sites for hydroxylation is 2. The third kappa shape index (κ3) is 2.72. The topological polar surface area (TPSA) is 75.5 Å². The van der Waals surface area contributed by atoms with Gasteiger partial charge in [0.1, 0.15) is 5.75 Å². The number of fused-ring (bicyclic) bond motifs is 3. The van der Waals surface area contributed by atoms with Crippen molar-refractivity contribution in [3.8, 4) is 22.7 Å². The van der Waals surface area contributed by atoms with Crippen molar-refractivity contribution in [3.63, 3.8) is 0 Å². The van der Waals surface area contributed by atoms with Crippen molar-refractivity contribution in [2.24, 2.45) is 14.1 Å². The molecule has 156 valence electrons. The molecule has 0 aliphatic rings. The molecule has 0 bridgehead atoms. The Morgan fingerprint density at radius 3 is 2.42 bits per heavy atom. The molecule has 3 aromatic heterocycles. The molecule has 8 heteroatoms. The maximum absolute atomic E-state index is 13.0. The molecule has 0 spiro atoms. The summed E-state index contributed by atoms with van der Waals surface area (Å²) in [5, 5.41) is 0. The average Bonchev–Trinajstić information content (AvgIpc) is 3.33. The number of methoxy groups -OCH3 is 1. The van der Waals surface area contributed by atoms with Crippen LogP contribution >= 0.6 is 0 Å². The van der Waals surface area contributed by atoms with Crippen LogP contribution in [0.15, 0.2) is 64.3 Å². The van der Waals surface area contributed by atoms with Crippen molar-refractivity contribution in [2.45, 2.75) is 6.92 Å². The third-order valence-corrected chi connectivity index (χ3v) is 5.62. The summed E-state index contributed by atoms with van der Waals surface area (Å²) in [5.74, 6) is 1.25. The van der Waals surface area contributed by atoms with E-state index in [1.807, 2.05) is 66.2 Å². The maximum atomic E-state index is 13.0. The smallest absolute Gasteiger partial charge is 0.332 e. The Bertz CT molecular complexity index is 1580. The molecule has 5 aromatic rings. The summed E-state index contributed by atoms with van der Waals surface area (Å²) in [5.41, 5.74) is 3.74. The highest BCUT2D eigenvalue weighted by molar-refractivity contribution is 5.79. The summed E-state index contributed by atoms with van der Waals surface area (Å²) >= 11 is 0. The van der Waals surface area contributed by atoms with Gasteiger partial charge >= 0.3 is 5.69 Å². The van der Waals surface area contributed by atoms with E-state index in [9.17, 15) is 9.59 Å². The molecule has 31 heavy (non-hydrogen) atoms.